The molecule has 0 radical (unpaired) electrons. The van der Waals surface area contributed by atoms with Crippen LogP contribution < -0.4 is 5.32 Å². The second-order valence-corrected chi connectivity index (χ2v) is 6.23. The van der Waals surface area contributed by atoms with E-state index in [4.69, 9.17) is 5.11 Å². The Kier molecular flexibility index (Phi) is 6.75. The minimum atomic E-state index is -0.00869. The van der Waals surface area contributed by atoms with Crippen molar-refractivity contribution in [2.75, 3.05) is 12.4 Å². The van der Waals surface area contributed by atoms with Gasteiger partial charge in [0.1, 0.15) is 0 Å². The van der Waals surface area contributed by atoms with Crippen molar-refractivity contribution in [1.82, 2.24) is 5.32 Å². The number of benzene rings is 1. The first-order valence-electron chi connectivity index (χ1n) is 5.81. The molecule has 0 aliphatic rings. The van der Waals surface area contributed by atoms with Gasteiger partial charge < -0.3 is 10.4 Å². The molecule has 0 saturated heterocycles. The molecular formula is C13H18BrNO2S. The zero-order valence-corrected chi connectivity index (χ0v) is 12.9. The predicted molar refractivity (Wildman–Crippen MR) is 78.7 cm³/mol. The molecule has 0 saturated carbocycles. The minimum absolute atomic E-state index is 0.00669. The van der Waals surface area contributed by atoms with Crippen LogP contribution in [0.1, 0.15) is 13.8 Å². The topological polar surface area (TPSA) is 49.3 Å². The van der Waals surface area contributed by atoms with Gasteiger partial charge in [-0.15, -0.1) is 11.8 Å². The van der Waals surface area contributed by atoms with Crippen molar-refractivity contribution in [3.8, 4) is 0 Å². The van der Waals surface area contributed by atoms with Crippen LogP contribution in [0.25, 0.3) is 0 Å². The summed E-state index contributed by atoms with van der Waals surface area (Å²) in [6, 6.07) is 7.85. The van der Waals surface area contributed by atoms with E-state index in [-0.39, 0.29) is 24.5 Å². The summed E-state index contributed by atoms with van der Waals surface area (Å²) < 4.78 is 1.01. The number of nitrogens with one attached hydrogen (secondary N) is 1. The smallest absolute Gasteiger partial charge is 0.230 e. The molecule has 1 aromatic rings. The zero-order chi connectivity index (χ0) is 13.5. The van der Waals surface area contributed by atoms with E-state index in [1.54, 1.807) is 0 Å². The molecule has 18 heavy (non-hydrogen) atoms. The Morgan fingerprint density at radius 3 is 2.83 bits per heavy atom. The molecule has 2 atom stereocenters. The highest BCUT2D eigenvalue weighted by molar-refractivity contribution is 9.10. The van der Waals surface area contributed by atoms with Gasteiger partial charge in [-0.3, -0.25) is 4.79 Å². The van der Waals surface area contributed by atoms with E-state index in [1.807, 2.05) is 38.1 Å². The molecule has 1 aromatic carbocycles. The molecule has 3 nitrogen and oxygen atoms in total. The second kappa shape index (κ2) is 7.81. The number of aliphatic hydroxyl groups is 1. The molecule has 0 fully saturated rings. The van der Waals surface area contributed by atoms with Crippen LogP contribution in [0.5, 0.6) is 0 Å². The number of halogens is 1. The fourth-order valence-corrected chi connectivity index (χ4v) is 2.62. The molecule has 0 aliphatic heterocycles. The van der Waals surface area contributed by atoms with Crippen molar-refractivity contribution >= 4 is 33.6 Å². The lowest BCUT2D eigenvalue weighted by Crippen LogP contribution is -2.39. The molecule has 5 heteroatoms. The highest BCUT2D eigenvalue weighted by atomic mass is 79.9. The molecule has 2 N–H and O–H groups in total. The Morgan fingerprint density at radius 2 is 2.22 bits per heavy atom. The molecule has 0 heterocycles. The van der Waals surface area contributed by atoms with Crippen molar-refractivity contribution in [1.29, 1.82) is 0 Å². The van der Waals surface area contributed by atoms with Crippen molar-refractivity contribution in [2.24, 2.45) is 5.92 Å². The highest BCUT2D eigenvalue weighted by Crippen LogP contribution is 2.21. The van der Waals surface area contributed by atoms with Crippen molar-refractivity contribution in [2.45, 2.75) is 24.8 Å². The van der Waals surface area contributed by atoms with E-state index in [2.05, 4.69) is 21.2 Å². The van der Waals surface area contributed by atoms with Crippen LogP contribution in [-0.4, -0.2) is 29.4 Å². The summed E-state index contributed by atoms with van der Waals surface area (Å²) in [6.45, 7) is 3.90. The number of hydrogen-bond donors (Lipinski definition) is 2. The Morgan fingerprint density at radius 1 is 1.50 bits per heavy atom. The third-order valence-corrected chi connectivity index (χ3v) is 4.18. The zero-order valence-electron chi connectivity index (χ0n) is 10.5. The van der Waals surface area contributed by atoms with Crippen molar-refractivity contribution < 1.29 is 9.90 Å². The lowest BCUT2D eigenvalue weighted by molar-refractivity contribution is -0.119. The van der Waals surface area contributed by atoms with Gasteiger partial charge in [0.15, 0.2) is 0 Å². The third-order valence-electron chi connectivity index (χ3n) is 2.70. The monoisotopic (exact) mass is 331 g/mol. The molecule has 100 valence electrons. The molecule has 0 aliphatic carbocycles. The summed E-state index contributed by atoms with van der Waals surface area (Å²) in [5.41, 5.74) is 0. The number of hydrogen-bond acceptors (Lipinski definition) is 3. The second-order valence-electron chi connectivity index (χ2n) is 4.26. The number of carbonyl (C=O) groups excluding carboxylic acids is 1. The first-order valence-corrected chi connectivity index (χ1v) is 7.59. The first-order chi connectivity index (χ1) is 8.52. The molecule has 0 bridgehead atoms. The van der Waals surface area contributed by atoms with Crippen LogP contribution in [-0.2, 0) is 4.79 Å². The highest BCUT2D eigenvalue weighted by Gasteiger charge is 2.13. The SMILES string of the molecule is C[C@H](NC(=O)CSc1cccc(Br)c1)[C@@H](C)CO. The largest absolute Gasteiger partial charge is 0.396 e. The Bertz CT molecular complexity index is 400. The van der Waals surface area contributed by atoms with Crippen LogP contribution in [0.4, 0.5) is 0 Å². The summed E-state index contributed by atoms with van der Waals surface area (Å²) in [7, 11) is 0. The standard InChI is InChI=1S/C13H18BrNO2S/c1-9(7-16)10(2)15-13(17)8-18-12-5-3-4-11(14)6-12/h3-6,9-10,16H,7-8H2,1-2H3,(H,15,17)/t9-,10-/m0/s1. The normalized spacial score (nSPS) is 14.0. The van der Waals surface area contributed by atoms with Crippen LogP contribution in [0, 0.1) is 5.92 Å². The van der Waals surface area contributed by atoms with Gasteiger partial charge >= 0.3 is 0 Å². The number of rotatable bonds is 6. The first kappa shape index (κ1) is 15.5. The fourth-order valence-electron chi connectivity index (χ4n) is 1.30. The van der Waals surface area contributed by atoms with Gasteiger partial charge in [0.05, 0.1) is 5.75 Å². The average Bonchev–Trinajstić information content (AvgIpc) is 2.35. The third kappa shape index (κ3) is 5.42. The molecule has 1 rings (SSSR count). The lowest BCUT2D eigenvalue weighted by atomic mass is 10.1. The lowest BCUT2D eigenvalue weighted by Gasteiger charge is -2.19. The summed E-state index contributed by atoms with van der Waals surface area (Å²) in [6.07, 6.45) is 0. The summed E-state index contributed by atoms with van der Waals surface area (Å²) in [4.78, 5) is 12.8. The summed E-state index contributed by atoms with van der Waals surface area (Å²) in [5, 5.41) is 11.9. The number of amides is 1. The van der Waals surface area contributed by atoms with E-state index >= 15 is 0 Å². The van der Waals surface area contributed by atoms with Gasteiger partial charge in [-0.2, -0.15) is 0 Å². The van der Waals surface area contributed by atoms with Crippen molar-refractivity contribution in [3.63, 3.8) is 0 Å². The van der Waals surface area contributed by atoms with Gasteiger partial charge in [-0.05, 0) is 31.0 Å². The summed E-state index contributed by atoms with van der Waals surface area (Å²) >= 11 is 4.90. The Balaban J connectivity index is 2.37. The summed E-state index contributed by atoms with van der Waals surface area (Å²) in [5.74, 6) is 0.455. The fraction of sp³-hybridized carbons (Fsp3) is 0.462. The van der Waals surface area contributed by atoms with Gasteiger partial charge in [0.2, 0.25) is 5.91 Å². The molecular weight excluding hydrogens is 314 g/mol. The van der Waals surface area contributed by atoms with Gasteiger partial charge in [0, 0.05) is 22.0 Å². The van der Waals surface area contributed by atoms with E-state index in [0.29, 0.717) is 5.75 Å². The van der Waals surface area contributed by atoms with Gasteiger partial charge in [0.25, 0.3) is 0 Å². The Labute approximate surface area is 120 Å². The van der Waals surface area contributed by atoms with E-state index in [1.165, 1.54) is 11.8 Å². The number of thioether (sulfide) groups is 1. The maximum absolute atomic E-state index is 11.7. The number of aliphatic hydroxyl groups excluding tert-OH is 1. The maximum Gasteiger partial charge on any atom is 0.230 e. The molecule has 1 amide bonds. The Hall–Kier alpha value is -0.520. The van der Waals surface area contributed by atoms with Crippen LogP contribution in [0.2, 0.25) is 0 Å². The molecule has 0 spiro atoms. The van der Waals surface area contributed by atoms with Gasteiger partial charge in [-0.25, -0.2) is 0 Å². The van der Waals surface area contributed by atoms with Crippen LogP contribution in [0.3, 0.4) is 0 Å². The maximum atomic E-state index is 11.7. The minimum Gasteiger partial charge on any atom is -0.396 e. The van der Waals surface area contributed by atoms with Crippen molar-refractivity contribution in [3.05, 3.63) is 28.7 Å². The molecule has 0 aromatic heterocycles. The van der Waals surface area contributed by atoms with E-state index in [9.17, 15) is 4.79 Å². The van der Waals surface area contributed by atoms with Crippen LogP contribution in [0.15, 0.2) is 33.6 Å². The molecule has 0 unspecified atom stereocenters. The average molecular weight is 332 g/mol. The number of carbonyl (C=O) groups is 1. The van der Waals surface area contributed by atoms with Crippen LogP contribution >= 0.6 is 27.7 Å². The quantitative estimate of drug-likeness (QED) is 0.788. The van der Waals surface area contributed by atoms with E-state index < -0.39 is 0 Å². The predicted octanol–water partition coefficient (Wildman–Crippen LogP) is 2.67. The van der Waals surface area contributed by atoms with E-state index in [0.717, 1.165) is 9.37 Å². The van der Waals surface area contributed by atoms with Gasteiger partial charge in [-0.1, -0.05) is 28.9 Å².